The van der Waals surface area contributed by atoms with Gasteiger partial charge in [0.15, 0.2) is 6.29 Å². The van der Waals surface area contributed by atoms with Gasteiger partial charge in [-0.15, -0.1) is 0 Å². The number of allylic oxidation sites excluding steroid dienone is 4. The number of rotatable bonds is 27. The van der Waals surface area contributed by atoms with Crippen LogP contribution in [0.25, 0.3) is 0 Å². The average molecular weight is 708 g/mol. The Balaban J connectivity index is 2.79. The zero-order chi connectivity index (χ0) is 35.8. The first-order valence-electron chi connectivity index (χ1n) is 17.5. The van der Waals surface area contributed by atoms with Crippen LogP contribution in [-0.2, 0) is 28.9 Å². The first-order chi connectivity index (χ1) is 22.9. The van der Waals surface area contributed by atoms with Crippen LogP contribution < -0.4 is 5.32 Å². The number of amides is 1. The number of ether oxygens (including phenoxy) is 2. The molecule has 280 valence electrons. The van der Waals surface area contributed by atoms with Crippen molar-refractivity contribution in [3.05, 3.63) is 36.5 Å². The molecule has 0 radical (unpaired) electrons. The highest BCUT2D eigenvalue weighted by molar-refractivity contribution is 7.80. The third-order valence-electron chi connectivity index (χ3n) is 8.03. The molecule has 0 aromatic heterocycles. The molecule has 13 nitrogen and oxygen atoms in total. The Morgan fingerprint density at radius 2 is 1.44 bits per heavy atom. The fourth-order valence-electron chi connectivity index (χ4n) is 5.15. The van der Waals surface area contributed by atoms with Gasteiger partial charge in [-0.1, -0.05) is 108 Å². The van der Waals surface area contributed by atoms with E-state index in [0.29, 0.717) is 12.8 Å². The van der Waals surface area contributed by atoms with Crippen molar-refractivity contribution >= 4 is 16.3 Å². The van der Waals surface area contributed by atoms with Crippen LogP contribution in [0.3, 0.4) is 0 Å². The summed E-state index contributed by atoms with van der Waals surface area (Å²) in [5.41, 5.74) is 0. The van der Waals surface area contributed by atoms with Crippen molar-refractivity contribution in [2.24, 2.45) is 0 Å². The van der Waals surface area contributed by atoms with Crippen LogP contribution in [0.1, 0.15) is 110 Å². The number of aliphatic hydroxyl groups excluding tert-OH is 5. The number of carbonyl (C=O) groups is 1. The van der Waals surface area contributed by atoms with Gasteiger partial charge in [-0.25, -0.2) is 4.18 Å². The molecule has 1 aliphatic rings. The van der Waals surface area contributed by atoms with Gasteiger partial charge in [0, 0.05) is 6.42 Å². The van der Waals surface area contributed by atoms with E-state index >= 15 is 0 Å². The lowest BCUT2D eigenvalue weighted by molar-refractivity contribution is -0.298. The maximum Gasteiger partial charge on any atom is 0.397 e. The molecule has 1 rings (SSSR count). The average Bonchev–Trinajstić information content (AvgIpc) is 3.05. The summed E-state index contributed by atoms with van der Waals surface area (Å²) >= 11 is 0. The van der Waals surface area contributed by atoms with Crippen LogP contribution in [0.4, 0.5) is 0 Å². The lowest BCUT2D eigenvalue weighted by atomic mass is 9.99. The number of hydrogen-bond donors (Lipinski definition) is 7. The third kappa shape index (κ3) is 19.5. The van der Waals surface area contributed by atoms with E-state index in [4.69, 9.17) is 14.0 Å². The second-order valence-corrected chi connectivity index (χ2v) is 13.3. The Kier molecular flexibility index (Phi) is 24.1. The zero-order valence-electron chi connectivity index (χ0n) is 28.6. The van der Waals surface area contributed by atoms with Gasteiger partial charge in [-0.3, -0.25) is 9.35 Å². The van der Waals surface area contributed by atoms with Gasteiger partial charge >= 0.3 is 10.4 Å². The fraction of sp³-hybridized carbons (Fsp3) is 0.794. The number of aliphatic hydroxyl groups is 5. The van der Waals surface area contributed by atoms with Crippen molar-refractivity contribution in [3.8, 4) is 0 Å². The van der Waals surface area contributed by atoms with Crippen molar-refractivity contribution in [2.75, 3.05) is 13.2 Å². The third-order valence-corrected chi connectivity index (χ3v) is 8.50. The molecule has 1 saturated heterocycles. The number of unbranched alkanes of at least 4 members (excludes halogenated alkanes) is 11. The SMILES string of the molecule is CCCCCCC/C=C/C(O)C(COC1OC(CO)C(O)C(OS(=O)(=O)O)C1O)NC(=O)C(O)C/C=C\C/C=C\CCCCCCCC. The van der Waals surface area contributed by atoms with Crippen LogP contribution in [0.2, 0.25) is 0 Å². The number of nitrogens with one attached hydrogen (secondary N) is 1. The summed E-state index contributed by atoms with van der Waals surface area (Å²) in [6, 6.07) is -1.14. The normalized spacial score (nSPS) is 24.0. The summed E-state index contributed by atoms with van der Waals surface area (Å²) in [5, 5.41) is 54.4. The number of carbonyl (C=O) groups excluding carboxylic acids is 1. The van der Waals surface area contributed by atoms with Gasteiger partial charge in [0.2, 0.25) is 5.91 Å². The van der Waals surface area contributed by atoms with Crippen molar-refractivity contribution in [3.63, 3.8) is 0 Å². The Hall–Kier alpha value is -1.72. The monoisotopic (exact) mass is 707 g/mol. The summed E-state index contributed by atoms with van der Waals surface area (Å²) in [6.07, 6.45) is 14.6. The van der Waals surface area contributed by atoms with Crippen LogP contribution in [0.5, 0.6) is 0 Å². The second-order valence-electron chi connectivity index (χ2n) is 12.3. The molecule has 1 heterocycles. The minimum atomic E-state index is -5.11. The predicted molar refractivity (Wildman–Crippen MR) is 182 cm³/mol. The van der Waals surface area contributed by atoms with E-state index in [1.807, 2.05) is 12.2 Å². The highest BCUT2D eigenvalue weighted by Gasteiger charge is 2.48. The van der Waals surface area contributed by atoms with Crippen LogP contribution in [-0.4, -0.2) is 107 Å². The van der Waals surface area contributed by atoms with Crippen LogP contribution in [0, 0.1) is 0 Å². The minimum absolute atomic E-state index is 0.0313. The van der Waals surface area contributed by atoms with E-state index in [1.54, 1.807) is 12.2 Å². The molecule has 7 N–H and O–H groups in total. The summed E-state index contributed by atoms with van der Waals surface area (Å²) in [4.78, 5) is 12.9. The maximum absolute atomic E-state index is 12.9. The van der Waals surface area contributed by atoms with Gasteiger partial charge in [0.1, 0.15) is 30.5 Å². The summed E-state index contributed by atoms with van der Waals surface area (Å²) in [7, 11) is -5.11. The first-order valence-corrected chi connectivity index (χ1v) is 18.8. The van der Waals surface area contributed by atoms with Gasteiger partial charge in [-0.05, 0) is 32.1 Å². The van der Waals surface area contributed by atoms with E-state index in [-0.39, 0.29) is 6.42 Å². The van der Waals surface area contributed by atoms with E-state index in [2.05, 4.69) is 29.4 Å². The molecule has 1 aliphatic heterocycles. The molecule has 1 fully saturated rings. The van der Waals surface area contributed by atoms with Gasteiger partial charge < -0.3 is 40.3 Å². The van der Waals surface area contributed by atoms with Crippen molar-refractivity contribution < 1.29 is 57.0 Å². The highest BCUT2D eigenvalue weighted by atomic mass is 32.3. The molecule has 0 aromatic rings. The van der Waals surface area contributed by atoms with Crippen molar-refractivity contribution in [1.82, 2.24) is 5.32 Å². The molecule has 14 heteroatoms. The molecule has 1 amide bonds. The standard InChI is InChI=1S/C34H61NO12S/c1-3-5-7-9-11-12-13-14-15-17-19-21-23-28(38)33(41)35-26(27(37)22-20-18-16-10-8-6-4-2)25-45-34-31(40)32(47-48(42,43)44)30(39)29(24-36)46-34/h14-15,19-22,26-32,34,36-40H,3-13,16-18,23-25H2,1-2H3,(H,35,41)(H,42,43,44)/b15-14-,21-19-,22-20+. The Bertz CT molecular complexity index is 1040. The van der Waals surface area contributed by atoms with Gasteiger partial charge in [0.25, 0.3) is 0 Å². The predicted octanol–water partition coefficient (Wildman–Crippen LogP) is 3.40. The van der Waals surface area contributed by atoms with E-state index in [0.717, 1.165) is 44.9 Å². The molecule has 0 spiro atoms. The Morgan fingerprint density at radius 1 is 0.854 bits per heavy atom. The van der Waals surface area contributed by atoms with Crippen LogP contribution >= 0.6 is 0 Å². The molecule has 8 unspecified atom stereocenters. The summed E-state index contributed by atoms with van der Waals surface area (Å²) in [6.45, 7) is 3.03. The molecule has 0 aliphatic carbocycles. The van der Waals surface area contributed by atoms with E-state index in [1.165, 1.54) is 38.2 Å². The lowest BCUT2D eigenvalue weighted by Crippen LogP contribution is -2.61. The Morgan fingerprint density at radius 3 is 2.04 bits per heavy atom. The maximum atomic E-state index is 12.9. The van der Waals surface area contributed by atoms with E-state index < -0.39 is 78.5 Å². The molecule has 0 aromatic carbocycles. The number of hydrogen-bond acceptors (Lipinski definition) is 11. The molecule has 0 bridgehead atoms. The molecule has 48 heavy (non-hydrogen) atoms. The van der Waals surface area contributed by atoms with Crippen molar-refractivity contribution in [1.29, 1.82) is 0 Å². The fourth-order valence-corrected chi connectivity index (χ4v) is 5.66. The molecule has 0 saturated carbocycles. The van der Waals surface area contributed by atoms with E-state index in [9.17, 15) is 38.7 Å². The van der Waals surface area contributed by atoms with Gasteiger partial charge in [0.05, 0.1) is 25.4 Å². The Labute approximate surface area is 287 Å². The second kappa shape index (κ2) is 26.1. The van der Waals surface area contributed by atoms with Crippen molar-refractivity contribution in [2.45, 2.75) is 159 Å². The van der Waals surface area contributed by atoms with Crippen LogP contribution in [0.15, 0.2) is 36.5 Å². The summed E-state index contributed by atoms with van der Waals surface area (Å²) in [5.74, 6) is -0.778. The summed E-state index contributed by atoms with van der Waals surface area (Å²) < 4.78 is 47.0. The minimum Gasteiger partial charge on any atom is -0.394 e. The largest absolute Gasteiger partial charge is 0.397 e. The first kappa shape index (κ1) is 44.3. The quantitative estimate of drug-likeness (QED) is 0.0372. The zero-order valence-corrected chi connectivity index (χ0v) is 29.5. The topological polar surface area (TPSA) is 212 Å². The van der Waals surface area contributed by atoms with Gasteiger partial charge in [-0.2, -0.15) is 8.42 Å². The highest BCUT2D eigenvalue weighted by Crippen LogP contribution is 2.26. The smallest absolute Gasteiger partial charge is 0.394 e. The molecular formula is C34H61NO12S. The molecule has 8 atom stereocenters. The lowest BCUT2D eigenvalue weighted by Gasteiger charge is -2.41. The molecular weight excluding hydrogens is 646 g/mol.